The molecule has 7 aromatic rings. The Balaban J connectivity index is 1.13. The molecule has 248 valence electrons. The summed E-state index contributed by atoms with van der Waals surface area (Å²) in [5, 5.41) is 21.1. The largest absolute Gasteiger partial charge is 0.477 e. The maximum atomic E-state index is 11.5. The molecule has 6 aromatic carbocycles. The Kier molecular flexibility index (Phi) is 7.53. The Bertz CT molecular complexity index is 2590. The zero-order valence-corrected chi connectivity index (χ0v) is 28.1. The summed E-state index contributed by atoms with van der Waals surface area (Å²) in [6.45, 7) is 0. The van der Waals surface area contributed by atoms with Gasteiger partial charge in [0.2, 0.25) is 0 Å². The van der Waals surface area contributed by atoms with Gasteiger partial charge >= 0.3 is 5.97 Å². The lowest BCUT2D eigenvalue weighted by molar-refractivity contribution is -0.132. The van der Waals surface area contributed by atoms with Crippen LogP contribution in [0.25, 0.3) is 33.6 Å². The van der Waals surface area contributed by atoms with E-state index in [-0.39, 0.29) is 5.57 Å². The van der Waals surface area contributed by atoms with E-state index in [4.69, 9.17) is 0 Å². The van der Waals surface area contributed by atoms with Crippen LogP contribution in [0.2, 0.25) is 0 Å². The molecule has 0 amide bonds. The van der Waals surface area contributed by atoms with Crippen molar-refractivity contribution in [3.05, 3.63) is 186 Å². The van der Waals surface area contributed by atoms with E-state index in [2.05, 4.69) is 154 Å². The van der Waals surface area contributed by atoms with E-state index in [9.17, 15) is 15.2 Å². The van der Waals surface area contributed by atoms with Crippen molar-refractivity contribution in [1.29, 1.82) is 5.26 Å². The molecule has 52 heavy (non-hydrogen) atoms. The van der Waals surface area contributed by atoms with E-state index >= 15 is 0 Å². The highest BCUT2D eigenvalue weighted by Gasteiger charge is 2.34. The van der Waals surface area contributed by atoms with Gasteiger partial charge in [-0.2, -0.15) is 5.26 Å². The van der Waals surface area contributed by atoms with E-state index in [1.54, 1.807) is 6.07 Å². The standard InChI is InChI=1S/C46H32N4O2/c47-30-32(46(51)52)29-31-17-19-33(20-18-31)48(34-21-25-36(26-22-34)49-42-13-5-1-9-38(42)39-10-2-6-14-43(39)49)35-23-27-37(28-24-35)50-44-15-7-3-11-40(44)41-12-4-8-16-45(41)50/h1-11,13-29,41H,12H2,(H,51,52)/b32-29+. The highest BCUT2D eigenvalue weighted by Crippen LogP contribution is 2.50. The first-order valence-electron chi connectivity index (χ1n) is 17.3. The van der Waals surface area contributed by atoms with Gasteiger partial charge in [0.1, 0.15) is 11.6 Å². The van der Waals surface area contributed by atoms with Crippen LogP contribution >= 0.6 is 0 Å². The van der Waals surface area contributed by atoms with E-state index in [1.807, 2.05) is 24.3 Å². The molecule has 1 unspecified atom stereocenters. The maximum Gasteiger partial charge on any atom is 0.346 e. The molecule has 0 radical (unpaired) electrons. The lowest BCUT2D eigenvalue weighted by Crippen LogP contribution is -2.15. The average Bonchev–Trinajstić information content (AvgIpc) is 3.71. The molecule has 0 saturated heterocycles. The van der Waals surface area contributed by atoms with Crippen LogP contribution < -0.4 is 9.80 Å². The molecule has 9 rings (SSSR count). The van der Waals surface area contributed by atoms with Crippen molar-refractivity contribution in [2.24, 2.45) is 0 Å². The van der Waals surface area contributed by atoms with Crippen molar-refractivity contribution in [2.75, 3.05) is 9.80 Å². The summed E-state index contributed by atoms with van der Waals surface area (Å²) in [7, 11) is 0. The summed E-state index contributed by atoms with van der Waals surface area (Å²) >= 11 is 0. The molecule has 1 aliphatic carbocycles. The molecule has 1 N–H and O–H groups in total. The van der Waals surface area contributed by atoms with E-state index in [0.717, 1.165) is 45.9 Å². The molecule has 0 bridgehead atoms. The second-order valence-corrected chi connectivity index (χ2v) is 13.0. The third-order valence-electron chi connectivity index (χ3n) is 10.1. The number of fused-ring (bicyclic) bond motifs is 6. The van der Waals surface area contributed by atoms with Crippen LogP contribution in [0.3, 0.4) is 0 Å². The minimum atomic E-state index is -1.25. The Morgan fingerprint density at radius 2 is 1.27 bits per heavy atom. The number of hydrogen-bond acceptors (Lipinski definition) is 4. The zero-order chi connectivity index (χ0) is 35.2. The fraction of sp³-hybridized carbons (Fsp3) is 0.0435. The number of aromatic nitrogens is 1. The average molecular weight is 673 g/mol. The molecule has 2 aliphatic rings. The molecule has 1 atom stereocenters. The SMILES string of the molecule is N#C/C(=C\c1ccc(N(c2ccc(N3C4=CC=CCC4c4ccccc43)cc2)c2ccc(-n3c4ccccc4c4ccccc43)cc2)cc1)C(=O)O. The number of hydrogen-bond donors (Lipinski definition) is 1. The van der Waals surface area contributed by atoms with Crippen LogP contribution in [-0.4, -0.2) is 15.6 Å². The quantitative estimate of drug-likeness (QED) is 0.135. The summed E-state index contributed by atoms with van der Waals surface area (Å²) in [6.07, 6.45) is 9.00. The number of carboxylic acid groups (broad SMARTS) is 1. The van der Waals surface area contributed by atoms with Gasteiger partial charge in [0.15, 0.2) is 0 Å². The minimum Gasteiger partial charge on any atom is -0.477 e. The van der Waals surface area contributed by atoms with E-state index in [0.29, 0.717) is 11.5 Å². The van der Waals surface area contributed by atoms with Gasteiger partial charge in [0, 0.05) is 56.5 Å². The van der Waals surface area contributed by atoms with Crippen molar-refractivity contribution in [3.63, 3.8) is 0 Å². The third-order valence-corrected chi connectivity index (χ3v) is 10.1. The van der Waals surface area contributed by atoms with Crippen LogP contribution in [-0.2, 0) is 4.79 Å². The van der Waals surface area contributed by atoms with Crippen LogP contribution in [0.1, 0.15) is 23.5 Å². The topological polar surface area (TPSA) is 72.5 Å². The van der Waals surface area contributed by atoms with E-state index in [1.165, 1.54) is 33.8 Å². The van der Waals surface area contributed by atoms with E-state index < -0.39 is 5.97 Å². The molecular formula is C46H32N4O2. The van der Waals surface area contributed by atoms with Crippen LogP contribution in [0.5, 0.6) is 0 Å². The number of aliphatic carboxylic acids is 1. The normalized spacial score (nSPS) is 14.9. The Labute approximate surface area is 301 Å². The summed E-state index contributed by atoms with van der Waals surface area (Å²) in [6, 6.07) is 52.3. The van der Waals surface area contributed by atoms with Gasteiger partial charge in [-0.25, -0.2) is 4.79 Å². The molecule has 0 fully saturated rings. The van der Waals surface area contributed by atoms with Gasteiger partial charge in [-0.15, -0.1) is 0 Å². The number of carboxylic acids is 1. The number of nitriles is 1. The fourth-order valence-corrected chi connectivity index (χ4v) is 7.73. The zero-order valence-electron chi connectivity index (χ0n) is 28.1. The smallest absolute Gasteiger partial charge is 0.346 e. The number of benzene rings is 6. The van der Waals surface area contributed by atoms with Gasteiger partial charge in [0.05, 0.1) is 11.0 Å². The number of carbonyl (C=O) groups is 1. The lowest BCUT2D eigenvalue weighted by atomic mass is 9.92. The summed E-state index contributed by atoms with van der Waals surface area (Å²) < 4.78 is 2.31. The Morgan fingerprint density at radius 1 is 0.712 bits per heavy atom. The van der Waals surface area contributed by atoms with Crippen molar-refractivity contribution in [3.8, 4) is 11.8 Å². The first-order valence-corrected chi connectivity index (χ1v) is 17.3. The van der Waals surface area contributed by atoms with Gasteiger partial charge in [-0.3, -0.25) is 0 Å². The van der Waals surface area contributed by atoms with Crippen molar-refractivity contribution in [1.82, 2.24) is 4.57 Å². The fourth-order valence-electron chi connectivity index (χ4n) is 7.73. The number of nitrogens with zero attached hydrogens (tertiary/aromatic N) is 4. The third kappa shape index (κ3) is 5.15. The van der Waals surface area contributed by atoms with Gasteiger partial charge in [-0.05, 0) is 109 Å². The molecule has 1 aliphatic heterocycles. The monoisotopic (exact) mass is 672 g/mol. The predicted molar refractivity (Wildman–Crippen MR) is 210 cm³/mol. The molecule has 6 nitrogen and oxygen atoms in total. The predicted octanol–water partition coefficient (Wildman–Crippen LogP) is 11.3. The first kappa shape index (κ1) is 30.9. The minimum absolute atomic E-state index is 0.310. The summed E-state index contributed by atoms with van der Waals surface area (Å²) in [4.78, 5) is 16.1. The van der Waals surface area contributed by atoms with Gasteiger partial charge < -0.3 is 19.5 Å². The van der Waals surface area contributed by atoms with Crippen LogP contribution in [0.15, 0.2) is 175 Å². The second-order valence-electron chi connectivity index (χ2n) is 13.0. The highest BCUT2D eigenvalue weighted by atomic mass is 16.4. The highest BCUT2D eigenvalue weighted by molar-refractivity contribution is 6.09. The summed E-state index contributed by atoms with van der Waals surface area (Å²) in [5.74, 6) is -0.899. The number of rotatable bonds is 7. The van der Waals surface area contributed by atoms with Crippen molar-refractivity contribution in [2.45, 2.75) is 12.3 Å². The Hall–Kier alpha value is -7.10. The van der Waals surface area contributed by atoms with Gasteiger partial charge in [0.25, 0.3) is 0 Å². The van der Waals surface area contributed by atoms with Crippen molar-refractivity contribution < 1.29 is 9.90 Å². The van der Waals surface area contributed by atoms with Crippen LogP contribution in [0, 0.1) is 11.3 Å². The molecule has 6 heteroatoms. The number of allylic oxidation sites excluding steroid dienone is 4. The molecular weight excluding hydrogens is 641 g/mol. The number of anilines is 5. The lowest BCUT2D eigenvalue weighted by Gasteiger charge is -2.28. The van der Waals surface area contributed by atoms with Crippen molar-refractivity contribution >= 4 is 62.3 Å². The molecule has 2 heterocycles. The first-order chi connectivity index (χ1) is 25.6. The maximum absolute atomic E-state index is 11.5. The van der Waals surface area contributed by atoms with Gasteiger partial charge in [-0.1, -0.05) is 78.9 Å². The molecule has 0 saturated carbocycles. The molecule has 0 spiro atoms. The van der Waals surface area contributed by atoms with Crippen LogP contribution in [0.4, 0.5) is 28.4 Å². The summed E-state index contributed by atoms with van der Waals surface area (Å²) in [5.41, 5.74) is 11.5. The molecule has 1 aromatic heterocycles. The second kappa shape index (κ2) is 12.7. The number of para-hydroxylation sites is 3. The Morgan fingerprint density at radius 3 is 1.88 bits per heavy atom.